The normalized spacial score (nSPS) is 10.8. The molecule has 8 nitrogen and oxygen atoms in total. The first-order chi connectivity index (χ1) is 8.65. The number of carbonyl (C=O) groups is 2. The molecule has 1 aromatic carbocycles. The maximum absolute atomic E-state index is 11.0. The second kappa shape index (κ2) is 4.92. The van der Waals surface area contributed by atoms with Gasteiger partial charge in [-0.3, -0.25) is 14.9 Å². The van der Waals surface area contributed by atoms with Crippen molar-refractivity contribution in [2.75, 3.05) is 5.32 Å². The SMILES string of the molecule is CC(C)(Nc1ccc(C(N)=O)cc1[N+](=O)[O-])C(=O)O. The second-order valence-corrected chi connectivity index (χ2v) is 4.41. The molecule has 19 heavy (non-hydrogen) atoms. The van der Waals surface area contributed by atoms with Crippen LogP contribution in [0.15, 0.2) is 18.2 Å². The summed E-state index contributed by atoms with van der Waals surface area (Å²) in [5.41, 5.74) is 3.21. The minimum absolute atomic E-state index is 0.00222. The number of nitro benzene ring substituents is 1. The number of anilines is 1. The molecular formula is C11H13N3O5. The zero-order valence-electron chi connectivity index (χ0n) is 10.3. The Morgan fingerprint density at radius 2 is 2.00 bits per heavy atom. The van der Waals surface area contributed by atoms with Crippen molar-refractivity contribution in [1.82, 2.24) is 0 Å². The smallest absolute Gasteiger partial charge is 0.328 e. The molecule has 8 heteroatoms. The van der Waals surface area contributed by atoms with Gasteiger partial charge in [-0.25, -0.2) is 4.79 Å². The Labute approximate surface area is 108 Å². The average Bonchev–Trinajstić information content (AvgIpc) is 2.28. The van der Waals surface area contributed by atoms with E-state index in [0.717, 1.165) is 6.07 Å². The van der Waals surface area contributed by atoms with Crippen LogP contribution in [0.4, 0.5) is 11.4 Å². The lowest BCUT2D eigenvalue weighted by atomic mass is 10.0. The molecule has 1 amide bonds. The van der Waals surface area contributed by atoms with Crippen molar-refractivity contribution in [2.45, 2.75) is 19.4 Å². The van der Waals surface area contributed by atoms with Gasteiger partial charge in [-0.05, 0) is 26.0 Å². The van der Waals surface area contributed by atoms with Gasteiger partial charge in [0.2, 0.25) is 5.91 Å². The van der Waals surface area contributed by atoms with Crippen LogP contribution in [0.1, 0.15) is 24.2 Å². The number of primary amides is 1. The van der Waals surface area contributed by atoms with E-state index in [1.807, 2.05) is 0 Å². The van der Waals surface area contributed by atoms with Gasteiger partial charge < -0.3 is 16.2 Å². The highest BCUT2D eigenvalue weighted by molar-refractivity contribution is 5.94. The number of amides is 1. The lowest BCUT2D eigenvalue weighted by Gasteiger charge is -2.22. The van der Waals surface area contributed by atoms with Gasteiger partial charge >= 0.3 is 5.97 Å². The van der Waals surface area contributed by atoms with E-state index in [4.69, 9.17) is 10.8 Å². The molecular weight excluding hydrogens is 254 g/mol. The Kier molecular flexibility index (Phi) is 3.74. The number of nitro groups is 1. The first-order valence-electron chi connectivity index (χ1n) is 5.25. The van der Waals surface area contributed by atoms with Crippen LogP contribution in [0.2, 0.25) is 0 Å². The van der Waals surface area contributed by atoms with E-state index in [2.05, 4.69) is 5.32 Å². The highest BCUT2D eigenvalue weighted by Gasteiger charge is 2.29. The Morgan fingerprint density at radius 3 is 2.42 bits per heavy atom. The number of nitrogens with two attached hydrogens (primary N) is 1. The number of nitrogens with one attached hydrogen (secondary N) is 1. The minimum Gasteiger partial charge on any atom is -0.480 e. The summed E-state index contributed by atoms with van der Waals surface area (Å²) in [6.07, 6.45) is 0. The predicted octanol–water partition coefficient (Wildman–Crippen LogP) is 0.969. The number of carbonyl (C=O) groups excluding carboxylic acids is 1. The Bertz CT molecular complexity index is 553. The van der Waals surface area contributed by atoms with Crippen LogP contribution in [0.5, 0.6) is 0 Å². The van der Waals surface area contributed by atoms with Gasteiger partial charge in [-0.15, -0.1) is 0 Å². The van der Waals surface area contributed by atoms with Crippen molar-refractivity contribution in [3.05, 3.63) is 33.9 Å². The summed E-state index contributed by atoms with van der Waals surface area (Å²) in [5, 5.41) is 22.4. The Balaban J connectivity index is 3.25. The lowest BCUT2D eigenvalue weighted by molar-refractivity contribution is -0.384. The van der Waals surface area contributed by atoms with E-state index in [1.54, 1.807) is 0 Å². The fraction of sp³-hybridized carbons (Fsp3) is 0.273. The van der Waals surface area contributed by atoms with Crippen molar-refractivity contribution in [3.63, 3.8) is 0 Å². The fourth-order valence-corrected chi connectivity index (χ4v) is 1.33. The number of benzene rings is 1. The largest absolute Gasteiger partial charge is 0.480 e. The number of nitrogens with zero attached hydrogens (tertiary/aromatic N) is 1. The molecule has 0 unspecified atom stereocenters. The zero-order valence-corrected chi connectivity index (χ0v) is 10.3. The number of hydrogen-bond acceptors (Lipinski definition) is 5. The summed E-state index contributed by atoms with van der Waals surface area (Å²) in [4.78, 5) is 32.1. The molecule has 102 valence electrons. The Morgan fingerprint density at radius 1 is 1.42 bits per heavy atom. The highest BCUT2D eigenvalue weighted by atomic mass is 16.6. The van der Waals surface area contributed by atoms with Crippen LogP contribution in [0, 0.1) is 10.1 Å². The highest BCUT2D eigenvalue weighted by Crippen LogP contribution is 2.28. The quantitative estimate of drug-likeness (QED) is 0.537. The van der Waals surface area contributed by atoms with E-state index >= 15 is 0 Å². The van der Waals surface area contributed by atoms with E-state index in [9.17, 15) is 19.7 Å². The molecule has 0 radical (unpaired) electrons. The summed E-state index contributed by atoms with van der Waals surface area (Å²) in [6, 6.07) is 3.54. The van der Waals surface area contributed by atoms with Gasteiger partial charge in [0.1, 0.15) is 11.2 Å². The van der Waals surface area contributed by atoms with Gasteiger partial charge in [0.15, 0.2) is 0 Å². The molecule has 0 saturated carbocycles. The van der Waals surface area contributed by atoms with Crippen molar-refractivity contribution >= 4 is 23.3 Å². The molecule has 0 bridgehead atoms. The number of aliphatic carboxylic acids is 1. The number of hydrogen-bond donors (Lipinski definition) is 3. The first-order valence-corrected chi connectivity index (χ1v) is 5.25. The van der Waals surface area contributed by atoms with E-state index in [-0.39, 0.29) is 11.3 Å². The third-order valence-electron chi connectivity index (χ3n) is 2.46. The Hall–Kier alpha value is -2.64. The van der Waals surface area contributed by atoms with Gasteiger partial charge in [-0.2, -0.15) is 0 Å². The van der Waals surface area contributed by atoms with Crippen molar-refractivity contribution in [1.29, 1.82) is 0 Å². The summed E-state index contributed by atoms with van der Waals surface area (Å²) in [6.45, 7) is 2.72. The summed E-state index contributed by atoms with van der Waals surface area (Å²) >= 11 is 0. The minimum atomic E-state index is -1.39. The lowest BCUT2D eigenvalue weighted by Crippen LogP contribution is -2.40. The van der Waals surface area contributed by atoms with Crippen molar-refractivity contribution < 1.29 is 19.6 Å². The standard InChI is InChI=1S/C11H13N3O5/c1-11(2,10(16)17)13-7-4-3-6(9(12)15)5-8(7)14(18)19/h3-5,13H,1-2H3,(H2,12,15)(H,16,17). The van der Waals surface area contributed by atoms with E-state index < -0.39 is 28.0 Å². The molecule has 0 atom stereocenters. The van der Waals surface area contributed by atoms with E-state index in [1.165, 1.54) is 26.0 Å². The molecule has 4 N–H and O–H groups in total. The molecule has 0 aliphatic carbocycles. The maximum Gasteiger partial charge on any atom is 0.328 e. The third kappa shape index (κ3) is 3.18. The number of carboxylic acid groups (broad SMARTS) is 1. The summed E-state index contributed by atoms with van der Waals surface area (Å²) in [7, 11) is 0. The van der Waals surface area contributed by atoms with Crippen molar-refractivity contribution in [3.8, 4) is 0 Å². The van der Waals surface area contributed by atoms with Crippen LogP contribution >= 0.6 is 0 Å². The van der Waals surface area contributed by atoms with Gasteiger partial charge in [0.25, 0.3) is 5.69 Å². The monoisotopic (exact) mass is 267 g/mol. The molecule has 0 aliphatic heterocycles. The molecule has 0 aliphatic rings. The molecule has 1 rings (SSSR count). The van der Waals surface area contributed by atoms with Gasteiger partial charge in [0.05, 0.1) is 4.92 Å². The summed E-state index contributed by atoms with van der Waals surface area (Å²) < 4.78 is 0. The summed E-state index contributed by atoms with van der Waals surface area (Å²) in [5.74, 6) is -1.96. The van der Waals surface area contributed by atoms with Crippen LogP contribution in [0.25, 0.3) is 0 Å². The van der Waals surface area contributed by atoms with Crippen LogP contribution < -0.4 is 11.1 Å². The third-order valence-corrected chi connectivity index (χ3v) is 2.46. The van der Waals surface area contributed by atoms with Crippen LogP contribution in [-0.4, -0.2) is 27.4 Å². The number of carboxylic acids is 1. The average molecular weight is 267 g/mol. The topological polar surface area (TPSA) is 136 Å². The first kappa shape index (κ1) is 14.4. The predicted molar refractivity (Wildman–Crippen MR) is 67.0 cm³/mol. The fourth-order valence-electron chi connectivity index (χ4n) is 1.33. The van der Waals surface area contributed by atoms with Gasteiger partial charge in [-0.1, -0.05) is 0 Å². The molecule has 0 fully saturated rings. The number of rotatable bonds is 5. The molecule has 0 saturated heterocycles. The van der Waals surface area contributed by atoms with E-state index in [0.29, 0.717) is 0 Å². The molecule has 0 aromatic heterocycles. The zero-order chi connectivity index (χ0) is 14.8. The molecule has 1 aromatic rings. The molecule has 0 spiro atoms. The van der Waals surface area contributed by atoms with Crippen LogP contribution in [-0.2, 0) is 4.79 Å². The maximum atomic E-state index is 11.0. The second-order valence-electron chi connectivity index (χ2n) is 4.41. The molecule has 0 heterocycles. The van der Waals surface area contributed by atoms with Gasteiger partial charge in [0, 0.05) is 11.6 Å². The van der Waals surface area contributed by atoms with Crippen LogP contribution in [0.3, 0.4) is 0 Å². The van der Waals surface area contributed by atoms with Crippen molar-refractivity contribution in [2.24, 2.45) is 5.73 Å².